The quantitative estimate of drug-likeness (QED) is 0.412. The molecule has 0 radical (unpaired) electrons. The fourth-order valence-electron chi connectivity index (χ4n) is 1.31. The number of methoxy groups -OCH3 is 1. The van der Waals surface area contributed by atoms with E-state index < -0.39 is 14.9 Å². The zero-order valence-electron chi connectivity index (χ0n) is 10.2. The second kappa shape index (κ2) is 6.29. The molecule has 0 saturated heterocycles. The van der Waals surface area contributed by atoms with Crippen molar-refractivity contribution >= 4 is 21.5 Å². The monoisotopic (exact) mass is 290 g/mol. The number of hydrogen-bond acceptors (Lipinski definition) is 7. The first kappa shape index (κ1) is 15.1. The lowest BCUT2D eigenvalue weighted by atomic mass is 10.3. The topological polar surface area (TPSA) is 137 Å². The Bertz CT molecular complexity index is 560. The van der Waals surface area contributed by atoms with Gasteiger partial charge in [-0.1, -0.05) is 0 Å². The SMILES string of the molecule is COc1ccc([N+](=O)[O-])c(NCCCS(N)(=O)=O)n1. The van der Waals surface area contributed by atoms with Crippen LogP contribution in [0.5, 0.6) is 5.88 Å². The molecular weight excluding hydrogens is 276 g/mol. The summed E-state index contributed by atoms with van der Waals surface area (Å²) in [5.41, 5.74) is -0.212. The molecular formula is C9H14N4O5S. The summed E-state index contributed by atoms with van der Waals surface area (Å²) in [7, 11) is -2.15. The van der Waals surface area contributed by atoms with Gasteiger partial charge in [-0.05, 0) is 6.42 Å². The largest absolute Gasteiger partial charge is 0.481 e. The smallest absolute Gasteiger partial charge is 0.311 e. The number of anilines is 1. The van der Waals surface area contributed by atoms with E-state index in [1.165, 1.54) is 19.2 Å². The van der Waals surface area contributed by atoms with Gasteiger partial charge in [-0.15, -0.1) is 0 Å². The number of pyridine rings is 1. The highest BCUT2D eigenvalue weighted by atomic mass is 32.2. The van der Waals surface area contributed by atoms with E-state index in [1.807, 2.05) is 0 Å². The first-order valence-corrected chi connectivity index (χ1v) is 6.99. The third-order valence-electron chi connectivity index (χ3n) is 2.15. The molecule has 19 heavy (non-hydrogen) atoms. The number of rotatable bonds is 7. The molecule has 106 valence electrons. The Morgan fingerprint density at radius 1 is 1.53 bits per heavy atom. The number of aromatic nitrogens is 1. The Kier molecular flexibility index (Phi) is 5.01. The highest BCUT2D eigenvalue weighted by Crippen LogP contribution is 2.24. The van der Waals surface area contributed by atoms with Crippen LogP contribution in [0.2, 0.25) is 0 Å². The summed E-state index contributed by atoms with van der Waals surface area (Å²) < 4.78 is 26.3. The molecule has 0 aliphatic heterocycles. The van der Waals surface area contributed by atoms with E-state index in [2.05, 4.69) is 10.3 Å². The molecule has 0 fully saturated rings. The highest BCUT2D eigenvalue weighted by Gasteiger charge is 2.16. The molecule has 1 aromatic rings. The molecule has 0 aliphatic carbocycles. The van der Waals surface area contributed by atoms with Gasteiger partial charge in [-0.2, -0.15) is 4.98 Å². The molecule has 0 aromatic carbocycles. The zero-order chi connectivity index (χ0) is 14.5. The van der Waals surface area contributed by atoms with E-state index in [-0.39, 0.29) is 36.1 Å². The van der Waals surface area contributed by atoms with Crippen LogP contribution in [0.1, 0.15) is 6.42 Å². The standard InChI is InChI=1S/C9H14N4O5S/c1-18-8-4-3-7(13(14)15)9(12-8)11-5-2-6-19(10,16)17/h3-4H,2,5-6H2,1H3,(H,11,12)(H2,10,16,17). The highest BCUT2D eigenvalue weighted by molar-refractivity contribution is 7.89. The third-order valence-corrected chi connectivity index (χ3v) is 3.01. The van der Waals surface area contributed by atoms with Crippen LogP contribution in [-0.4, -0.2) is 37.7 Å². The predicted molar refractivity (Wildman–Crippen MR) is 68.5 cm³/mol. The van der Waals surface area contributed by atoms with Crippen LogP contribution in [-0.2, 0) is 10.0 Å². The zero-order valence-corrected chi connectivity index (χ0v) is 11.0. The fourth-order valence-corrected chi connectivity index (χ4v) is 1.85. The molecule has 0 atom stereocenters. The number of nitrogens with one attached hydrogen (secondary N) is 1. The van der Waals surface area contributed by atoms with Gasteiger partial charge in [0, 0.05) is 18.7 Å². The van der Waals surface area contributed by atoms with E-state index in [0.717, 1.165) is 0 Å². The average molecular weight is 290 g/mol. The maximum Gasteiger partial charge on any atom is 0.311 e. The van der Waals surface area contributed by atoms with Gasteiger partial charge < -0.3 is 10.1 Å². The van der Waals surface area contributed by atoms with Gasteiger partial charge in [0.15, 0.2) is 0 Å². The van der Waals surface area contributed by atoms with Crippen molar-refractivity contribution in [1.82, 2.24) is 4.98 Å². The Balaban J connectivity index is 2.72. The van der Waals surface area contributed by atoms with Gasteiger partial charge >= 0.3 is 5.69 Å². The lowest BCUT2D eigenvalue weighted by Gasteiger charge is -2.07. The summed E-state index contributed by atoms with van der Waals surface area (Å²) in [6, 6.07) is 2.63. The molecule has 10 heteroatoms. The molecule has 9 nitrogen and oxygen atoms in total. The Morgan fingerprint density at radius 3 is 2.74 bits per heavy atom. The number of sulfonamides is 1. The van der Waals surface area contributed by atoms with Crippen LogP contribution >= 0.6 is 0 Å². The minimum Gasteiger partial charge on any atom is -0.481 e. The minimum absolute atomic E-state index is 0.0266. The second-order valence-electron chi connectivity index (χ2n) is 3.63. The lowest BCUT2D eigenvalue weighted by Crippen LogP contribution is -2.19. The van der Waals surface area contributed by atoms with Gasteiger partial charge in [-0.25, -0.2) is 13.6 Å². The summed E-state index contributed by atoms with van der Waals surface area (Å²) in [5, 5.41) is 18.3. The van der Waals surface area contributed by atoms with Crippen LogP contribution < -0.4 is 15.2 Å². The van der Waals surface area contributed by atoms with Crippen molar-refractivity contribution < 1.29 is 18.1 Å². The van der Waals surface area contributed by atoms with Crippen LogP contribution in [0, 0.1) is 10.1 Å². The minimum atomic E-state index is -3.54. The maximum atomic E-state index is 10.8. The van der Waals surface area contributed by atoms with Crippen molar-refractivity contribution in [3.63, 3.8) is 0 Å². The van der Waals surface area contributed by atoms with Crippen LogP contribution in [0.4, 0.5) is 11.5 Å². The number of ether oxygens (including phenoxy) is 1. The molecule has 0 spiro atoms. The van der Waals surface area contributed by atoms with Crippen molar-refractivity contribution in [2.75, 3.05) is 24.7 Å². The molecule has 0 amide bonds. The maximum absolute atomic E-state index is 10.8. The molecule has 1 heterocycles. The normalized spacial score (nSPS) is 11.1. The van der Waals surface area contributed by atoms with Gasteiger partial charge in [0.25, 0.3) is 0 Å². The average Bonchev–Trinajstić information content (AvgIpc) is 2.33. The molecule has 0 bridgehead atoms. The summed E-state index contributed by atoms with van der Waals surface area (Å²) >= 11 is 0. The Hall–Kier alpha value is -1.94. The van der Waals surface area contributed by atoms with Crippen molar-refractivity contribution in [3.05, 3.63) is 22.2 Å². The molecule has 0 saturated carbocycles. The fraction of sp³-hybridized carbons (Fsp3) is 0.444. The number of nitro groups is 1. The van der Waals surface area contributed by atoms with E-state index in [9.17, 15) is 18.5 Å². The van der Waals surface area contributed by atoms with E-state index in [1.54, 1.807) is 0 Å². The van der Waals surface area contributed by atoms with Crippen molar-refractivity contribution in [3.8, 4) is 5.88 Å². The molecule has 1 aromatic heterocycles. The molecule has 0 unspecified atom stereocenters. The Labute approximate surface area is 110 Å². The van der Waals surface area contributed by atoms with E-state index in [4.69, 9.17) is 9.88 Å². The first-order chi connectivity index (χ1) is 8.83. The Morgan fingerprint density at radius 2 is 2.21 bits per heavy atom. The molecule has 1 rings (SSSR count). The number of primary sulfonamides is 1. The summed E-state index contributed by atoms with van der Waals surface area (Å²) in [6.45, 7) is 0.192. The number of nitrogens with zero attached hydrogens (tertiary/aromatic N) is 2. The second-order valence-corrected chi connectivity index (χ2v) is 5.36. The van der Waals surface area contributed by atoms with Gasteiger partial charge in [-0.3, -0.25) is 10.1 Å². The summed E-state index contributed by atoms with van der Waals surface area (Å²) in [4.78, 5) is 14.1. The molecule has 0 aliphatic rings. The van der Waals surface area contributed by atoms with E-state index in [0.29, 0.717) is 0 Å². The van der Waals surface area contributed by atoms with Crippen molar-refractivity contribution in [2.24, 2.45) is 5.14 Å². The predicted octanol–water partition coefficient (Wildman–Crippen LogP) is 0.0889. The summed E-state index contributed by atoms with van der Waals surface area (Å²) in [6.07, 6.45) is 0.217. The van der Waals surface area contributed by atoms with Gasteiger partial charge in [0.1, 0.15) is 0 Å². The van der Waals surface area contributed by atoms with E-state index >= 15 is 0 Å². The number of nitrogens with two attached hydrogens (primary N) is 1. The van der Waals surface area contributed by atoms with Crippen LogP contribution in [0.15, 0.2) is 12.1 Å². The van der Waals surface area contributed by atoms with Crippen LogP contribution in [0.25, 0.3) is 0 Å². The van der Waals surface area contributed by atoms with Crippen molar-refractivity contribution in [1.29, 1.82) is 0 Å². The molecule has 3 N–H and O–H groups in total. The lowest BCUT2D eigenvalue weighted by molar-refractivity contribution is -0.384. The number of hydrogen-bond donors (Lipinski definition) is 2. The van der Waals surface area contributed by atoms with Gasteiger partial charge in [0.2, 0.25) is 21.7 Å². The third kappa shape index (κ3) is 5.06. The summed E-state index contributed by atoms with van der Waals surface area (Å²) in [5.74, 6) is 0.0379. The van der Waals surface area contributed by atoms with Crippen LogP contribution in [0.3, 0.4) is 0 Å². The van der Waals surface area contributed by atoms with Gasteiger partial charge in [0.05, 0.1) is 17.8 Å². The van der Waals surface area contributed by atoms with Crippen molar-refractivity contribution in [2.45, 2.75) is 6.42 Å². The first-order valence-electron chi connectivity index (χ1n) is 5.27.